The van der Waals surface area contributed by atoms with E-state index in [1.807, 2.05) is 6.92 Å². The van der Waals surface area contributed by atoms with Gasteiger partial charge in [0.25, 0.3) is 0 Å². The average Bonchev–Trinajstić information content (AvgIpc) is 2.43. The fourth-order valence-corrected chi connectivity index (χ4v) is 3.19. The Morgan fingerprint density at radius 2 is 2.15 bits per heavy atom. The Kier molecular flexibility index (Phi) is 6.74. The first-order valence-corrected chi connectivity index (χ1v) is 8.04. The Hall–Kier alpha value is -0.830. The van der Waals surface area contributed by atoms with Crippen LogP contribution in [-0.2, 0) is 4.79 Å². The van der Waals surface area contributed by atoms with E-state index in [1.165, 1.54) is 0 Å². The number of hydrogen-bond acceptors (Lipinski definition) is 2. The molecular formula is C17H31NO2. The molecular weight excluding hydrogens is 250 g/mol. The van der Waals surface area contributed by atoms with Crippen LogP contribution in [0.4, 0.5) is 0 Å². The van der Waals surface area contributed by atoms with Crippen LogP contribution in [0.1, 0.15) is 59.8 Å². The molecule has 0 spiro atoms. The monoisotopic (exact) mass is 281 g/mol. The van der Waals surface area contributed by atoms with Crippen molar-refractivity contribution in [2.45, 2.75) is 65.8 Å². The summed E-state index contributed by atoms with van der Waals surface area (Å²) in [6, 6.07) is 0.159. The van der Waals surface area contributed by atoms with Gasteiger partial charge in [0.2, 0.25) is 5.91 Å². The number of carbonyl (C=O) groups is 1. The summed E-state index contributed by atoms with van der Waals surface area (Å²) in [5.74, 6) is 1.12. The summed E-state index contributed by atoms with van der Waals surface area (Å²) >= 11 is 0. The Morgan fingerprint density at radius 1 is 1.45 bits per heavy atom. The molecule has 0 aromatic heterocycles. The number of allylic oxidation sites excluding steroid dienone is 2. The second-order valence-electron chi connectivity index (χ2n) is 6.49. The van der Waals surface area contributed by atoms with Gasteiger partial charge in [0.15, 0.2) is 0 Å². The number of hydrogen-bond donors (Lipinski definition) is 2. The molecule has 1 aliphatic heterocycles. The van der Waals surface area contributed by atoms with E-state index in [0.717, 1.165) is 32.1 Å². The molecule has 1 fully saturated rings. The van der Waals surface area contributed by atoms with E-state index in [-0.39, 0.29) is 18.6 Å². The van der Waals surface area contributed by atoms with E-state index in [1.54, 1.807) is 0 Å². The van der Waals surface area contributed by atoms with Crippen molar-refractivity contribution in [2.24, 2.45) is 17.3 Å². The average molecular weight is 281 g/mol. The van der Waals surface area contributed by atoms with Crippen LogP contribution in [0.2, 0.25) is 0 Å². The molecule has 1 saturated heterocycles. The molecule has 0 saturated carbocycles. The topological polar surface area (TPSA) is 49.3 Å². The van der Waals surface area contributed by atoms with E-state index in [9.17, 15) is 9.90 Å². The summed E-state index contributed by atoms with van der Waals surface area (Å²) in [5.41, 5.74) is -0.515. The molecule has 0 aromatic carbocycles. The Labute approximate surface area is 123 Å². The quantitative estimate of drug-likeness (QED) is 0.503. The van der Waals surface area contributed by atoms with E-state index in [4.69, 9.17) is 0 Å². The minimum Gasteiger partial charge on any atom is -0.395 e. The number of aliphatic hydroxyl groups excluding tert-OH is 1. The van der Waals surface area contributed by atoms with E-state index >= 15 is 0 Å². The first kappa shape index (κ1) is 17.2. The maximum atomic E-state index is 12.0. The molecule has 3 heteroatoms. The van der Waals surface area contributed by atoms with Gasteiger partial charge in [-0.25, -0.2) is 0 Å². The highest BCUT2D eigenvalue weighted by atomic mass is 16.3. The van der Waals surface area contributed by atoms with Crippen molar-refractivity contribution in [3.8, 4) is 0 Å². The molecule has 1 aliphatic rings. The summed E-state index contributed by atoms with van der Waals surface area (Å²) in [4.78, 5) is 12.0. The highest BCUT2D eigenvalue weighted by Crippen LogP contribution is 2.40. The van der Waals surface area contributed by atoms with Gasteiger partial charge in [0, 0.05) is 6.04 Å². The predicted octanol–water partition coefficient (Wildman–Crippen LogP) is 3.28. The van der Waals surface area contributed by atoms with Crippen LogP contribution < -0.4 is 5.32 Å². The van der Waals surface area contributed by atoms with Crippen LogP contribution in [-0.4, -0.2) is 23.7 Å². The van der Waals surface area contributed by atoms with Crippen molar-refractivity contribution in [1.82, 2.24) is 5.32 Å². The smallest absolute Gasteiger partial charge is 0.230 e. The third-order valence-electron chi connectivity index (χ3n) is 4.79. The molecule has 2 N–H and O–H groups in total. The fourth-order valence-electron chi connectivity index (χ4n) is 3.19. The third kappa shape index (κ3) is 3.85. The van der Waals surface area contributed by atoms with Crippen molar-refractivity contribution in [3.05, 3.63) is 12.2 Å². The maximum Gasteiger partial charge on any atom is 0.230 e. The molecule has 0 aliphatic carbocycles. The van der Waals surface area contributed by atoms with E-state index in [0.29, 0.717) is 11.8 Å². The molecule has 0 aromatic rings. The van der Waals surface area contributed by atoms with Gasteiger partial charge in [-0.2, -0.15) is 0 Å². The number of rotatable bonds is 9. The van der Waals surface area contributed by atoms with Gasteiger partial charge in [-0.1, -0.05) is 45.8 Å². The van der Waals surface area contributed by atoms with Gasteiger partial charge in [-0.15, -0.1) is 0 Å². The molecule has 116 valence electrons. The van der Waals surface area contributed by atoms with Crippen molar-refractivity contribution in [2.75, 3.05) is 6.61 Å². The van der Waals surface area contributed by atoms with Crippen LogP contribution in [0.25, 0.3) is 0 Å². The molecule has 0 radical (unpaired) electrons. The molecule has 4 atom stereocenters. The Balaban J connectivity index is 2.50. The largest absolute Gasteiger partial charge is 0.395 e. The Morgan fingerprint density at radius 3 is 2.65 bits per heavy atom. The zero-order valence-corrected chi connectivity index (χ0v) is 13.5. The van der Waals surface area contributed by atoms with Crippen LogP contribution in [0.15, 0.2) is 12.2 Å². The van der Waals surface area contributed by atoms with Crippen LogP contribution in [0, 0.1) is 17.3 Å². The molecule has 0 bridgehead atoms. The second kappa shape index (κ2) is 7.82. The first-order valence-electron chi connectivity index (χ1n) is 8.04. The highest BCUT2D eigenvalue weighted by Gasteiger charge is 2.54. The number of amides is 1. The normalized spacial score (nSPS) is 29.1. The maximum absolute atomic E-state index is 12.0. The van der Waals surface area contributed by atoms with Gasteiger partial charge < -0.3 is 10.4 Å². The molecule has 1 amide bonds. The summed E-state index contributed by atoms with van der Waals surface area (Å²) in [7, 11) is 0. The number of aliphatic hydroxyl groups is 1. The lowest BCUT2D eigenvalue weighted by atomic mass is 9.66. The number of carbonyl (C=O) groups excluding carboxylic acids is 1. The summed E-state index contributed by atoms with van der Waals surface area (Å²) in [6.45, 7) is 8.55. The van der Waals surface area contributed by atoms with Crippen molar-refractivity contribution in [3.63, 3.8) is 0 Å². The number of β-lactam (4-membered cyclic amide) rings is 1. The third-order valence-corrected chi connectivity index (χ3v) is 4.79. The molecule has 20 heavy (non-hydrogen) atoms. The van der Waals surface area contributed by atoms with Gasteiger partial charge >= 0.3 is 0 Å². The van der Waals surface area contributed by atoms with Gasteiger partial charge in [-0.05, 0) is 38.0 Å². The summed E-state index contributed by atoms with van der Waals surface area (Å²) < 4.78 is 0. The number of nitrogens with one attached hydrogen (secondary N) is 1. The highest BCUT2D eigenvalue weighted by molar-refractivity contribution is 5.90. The molecule has 3 nitrogen and oxygen atoms in total. The summed E-state index contributed by atoms with van der Waals surface area (Å²) in [5, 5.41) is 12.7. The molecule has 4 unspecified atom stereocenters. The van der Waals surface area contributed by atoms with Crippen LogP contribution in [0.5, 0.6) is 0 Å². The van der Waals surface area contributed by atoms with Gasteiger partial charge in [0.1, 0.15) is 0 Å². The minimum absolute atomic E-state index is 0.0156. The van der Waals surface area contributed by atoms with E-state index in [2.05, 4.69) is 38.2 Å². The lowest BCUT2D eigenvalue weighted by Gasteiger charge is -2.49. The van der Waals surface area contributed by atoms with E-state index < -0.39 is 5.41 Å². The van der Waals surface area contributed by atoms with Crippen molar-refractivity contribution in [1.29, 1.82) is 0 Å². The zero-order valence-electron chi connectivity index (χ0n) is 13.5. The Bertz CT molecular complexity index is 340. The van der Waals surface area contributed by atoms with Crippen molar-refractivity contribution >= 4 is 5.91 Å². The fraction of sp³-hybridized carbons (Fsp3) is 0.824. The van der Waals surface area contributed by atoms with Gasteiger partial charge in [0.05, 0.1) is 12.0 Å². The predicted molar refractivity (Wildman–Crippen MR) is 83.4 cm³/mol. The summed E-state index contributed by atoms with van der Waals surface area (Å²) in [6.07, 6.45) is 9.39. The van der Waals surface area contributed by atoms with Crippen LogP contribution >= 0.6 is 0 Å². The standard InChI is InChI=1S/C17H31NO2/c1-5-8-14(4)9-7-10-15-17(12-19,16(20)18-15)11-13(3)6-2/h5,8,13-15,19H,6-7,9-12H2,1-4H3,(H,18,20)/b8-5-. The minimum atomic E-state index is -0.515. The van der Waals surface area contributed by atoms with Gasteiger partial charge in [-0.3, -0.25) is 4.79 Å². The molecule has 1 heterocycles. The second-order valence-corrected chi connectivity index (χ2v) is 6.49. The first-order chi connectivity index (χ1) is 9.50. The zero-order chi connectivity index (χ0) is 15.2. The van der Waals surface area contributed by atoms with Crippen LogP contribution in [0.3, 0.4) is 0 Å². The molecule has 1 rings (SSSR count). The lowest BCUT2D eigenvalue weighted by Crippen LogP contribution is -2.69. The lowest BCUT2D eigenvalue weighted by molar-refractivity contribution is -0.152. The van der Waals surface area contributed by atoms with Crippen molar-refractivity contribution < 1.29 is 9.90 Å². The SMILES string of the molecule is C/C=C\C(C)CCCC1NC(=O)C1(CO)CC(C)CC.